The molecule has 0 saturated carbocycles. The van der Waals surface area contributed by atoms with Crippen LogP contribution in [-0.2, 0) is 11.2 Å². The van der Waals surface area contributed by atoms with Gasteiger partial charge >= 0.3 is 5.97 Å². The van der Waals surface area contributed by atoms with E-state index < -0.39 is 17.8 Å². The van der Waals surface area contributed by atoms with Gasteiger partial charge in [0.2, 0.25) is 0 Å². The van der Waals surface area contributed by atoms with Gasteiger partial charge in [-0.3, -0.25) is 14.2 Å². The van der Waals surface area contributed by atoms with Crippen LogP contribution < -0.4 is 5.56 Å². The average Bonchev–Trinajstić information content (AvgIpc) is 2.28. The lowest BCUT2D eigenvalue weighted by molar-refractivity contribution is -0.146. The summed E-state index contributed by atoms with van der Waals surface area (Å²) in [6.07, 6.45) is -1.26. The fraction of sp³-hybridized carbons (Fsp3) is 0.364. The van der Waals surface area contributed by atoms with Crippen LogP contribution in [0, 0.1) is 0 Å². The van der Waals surface area contributed by atoms with Gasteiger partial charge in [0, 0.05) is 23.7 Å². The van der Waals surface area contributed by atoms with Crippen LogP contribution in [0.25, 0.3) is 0 Å². The zero-order valence-corrected chi connectivity index (χ0v) is 8.85. The zero-order valence-electron chi connectivity index (χ0n) is 8.85. The van der Waals surface area contributed by atoms with E-state index in [4.69, 9.17) is 5.11 Å². The van der Waals surface area contributed by atoms with Gasteiger partial charge in [0.25, 0.3) is 11.9 Å². The van der Waals surface area contributed by atoms with E-state index in [1.54, 1.807) is 0 Å². The number of carbonyl (C=O) groups is 2. The van der Waals surface area contributed by atoms with Crippen molar-refractivity contribution >= 4 is 11.8 Å². The third kappa shape index (κ3) is 1.86. The van der Waals surface area contributed by atoms with E-state index in [0.717, 1.165) is 6.07 Å². The summed E-state index contributed by atoms with van der Waals surface area (Å²) in [5.41, 5.74) is -0.309. The molecule has 1 N–H and O–H groups in total. The Balaban J connectivity index is 2.66. The third-order valence-corrected chi connectivity index (χ3v) is 2.78. The van der Waals surface area contributed by atoms with Crippen molar-refractivity contribution in [2.75, 3.05) is 0 Å². The van der Waals surface area contributed by atoms with Crippen molar-refractivity contribution in [2.24, 2.45) is 0 Å². The van der Waals surface area contributed by atoms with E-state index in [-0.39, 0.29) is 17.0 Å². The number of carboxylic acids is 1. The van der Waals surface area contributed by atoms with Crippen LogP contribution in [0.2, 0.25) is 0 Å². The first-order valence-electron chi connectivity index (χ1n) is 5.17. The highest BCUT2D eigenvalue weighted by Gasteiger charge is 2.27. The highest BCUT2D eigenvalue weighted by molar-refractivity contribution is 5.98. The van der Waals surface area contributed by atoms with Crippen LogP contribution >= 0.6 is 0 Å². The molecule has 0 bridgehead atoms. The molecule has 1 aromatic rings. The number of carbonyl (C=O) groups excluding carboxylic acids is 1. The molecule has 17 heavy (non-hydrogen) atoms. The molecule has 0 aliphatic heterocycles. The predicted octanol–water partition coefficient (Wildman–Crippen LogP) is 0.920. The third-order valence-electron chi connectivity index (χ3n) is 2.78. The Morgan fingerprint density at radius 3 is 2.71 bits per heavy atom. The van der Waals surface area contributed by atoms with Crippen LogP contribution in [-0.4, -0.2) is 21.4 Å². The smallest absolute Gasteiger partial charge is 0.360 e. The second kappa shape index (κ2) is 4.12. The fourth-order valence-corrected chi connectivity index (χ4v) is 2.01. The first-order valence-corrected chi connectivity index (χ1v) is 5.17. The highest BCUT2D eigenvalue weighted by Crippen LogP contribution is 2.22. The minimum absolute atomic E-state index is 0.183. The van der Waals surface area contributed by atoms with E-state index in [1.165, 1.54) is 6.07 Å². The van der Waals surface area contributed by atoms with Crippen molar-refractivity contribution in [3.8, 4) is 0 Å². The molecule has 1 heterocycles. The normalized spacial score (nSPS) is 16.4. The molecule has 1 aromatic heterocycles. The maximum atomic E-state index is 13.5. The number of nitrogens with zero attached hydrogens (tertiary/aromatic N) is 1. The van der Waals surface area contributed by atoms with Gasteiger partial charge < -0.3 is 5.11 Å². The second-order valence-electron chi connectivity index (χ2n) is 3.85. The number of rotatable bonds is 2. The summed E-state index contributed by atoms with van der Waals surface area (Å²) in [5, 5.41) is 8.61. The molecule has 6 heteroatoms. The van der Waals surface area contributed by atoms with E-state index in [1.807, 2.05) is 0 Å². The van der Waals surface area contributed by atoms with E-state index in [0.29, 0.717) is 23.8 Å². The van der Waals surface area contributed by atoms with Crippen LogP contribution in [0.4, 0.5) is 4.39 Å². The molecule has 0 spiro atoms. The molecule has 2 rings (SSSR count). The molecule has 0 saturated heterocycles. The van der Waals surface area contributed by atoms with Crippen molar-refractivity contribution in [2.45, 2.75) is 25.6 Å². The number of hydrogen-bond acceptors (Lipinski definition) is 3. The average molecular weight is 239 g/mol. The number of hydrogen-bond donors (Lipinski definition) is 1. The van der Waals surface area contributed by atoms with Gasteiger partial charge in [0.15, 0.2) is 5.78 Å². The Hall–Kier alpha value is -1.98. The van der Waals surface area contributed by atoms with Crippen molar-refractivity contribution in [3.63, 3.8) is 0 Å². The fourth-order valence-electron chi connectivity index (χ4n) is 2.01. The van der Waals surface area contributed by atoms with Crippen LogP contribution in [0.15, 0.2) is 16.9 Å². The summed E-state index contributed by atoms with van der Waals surface area (Å²) < 4.78 is 14.0. The van der Waals surface area contributed by atoms with E-state index >= 15 is 0 Å². The van der Waals surface area contributed by atoms with E-state index in [9.17, 15) is 18.8 Å². The van der Waals surface area contributed by atoms with Gasteiger partial charge in [-0.05, 0) is 18.9 Å². The van der Waals surface area contributed by atoms with Gasteiger partial charge in [-0.25, -0.2) is 9.18 Å². The number of halogens is 1. The molecule has 90 valence electrons. The summed E-state index contributed by atoms with van der Waals surface area (Å²) in [5.74, 6) is -1.92. The van der Waals surface area contributed by atoms with Crippen molar-refractivity contribution < 1.29 is 19.1 Å². The SMILES string of the molecule is O=C1CCCc2c1ccc(=O)n2C(F)C(=O)O. The summed E-state index contributed by atoms with van der Waals surface area (Å²) in [7, 11) is 0. The molecule has 1 aliphatic carbocycles. The Bertz CT molecular complexity index is 549. The molecule has 0 aromatic carbocycles. The van der Waals surface area contributed by atoms with E-state index in [2.05, 4.69) is 0 Å². The summed E-state index contributed by atoms with van der Waals surface area (Å²) in [6.45, 7) is 0. The zero-order chi connectivity index (χ0) is 12.6. The van der Waals surface area contributed by atoms with Crippen LogP contribution in [0.1, 0.15) is 35.2 Å². The number of carboxylic acid groups (broad SMARTS) is 1. The minimum atomic E-state index is -2.44. The van der Waals surface area contributed by atoms with Gasteiger partial charge in [0.05, 0.1) is 0 Å². The predicted molar refractivity (Wildman–Crippen MR) is 55.8 cm³/mol. The number of aromatic nitrogens is 1. The van der Waals surface area contributed by atoms with Crippen molar-refractivity contribution in [1.29, 1.82) is 0 Å². The molecule has 0 radical (unpaired) electrons. The Morgan fingerprint density at radius 2 is 2.06 bits per heavy atom. The number of pyridine rings is 1. The molecular weight excluding hydrogens is 229 g/mol. The Morgan fingerprint density at radius 1 is 1.35 bits per heavy atom. The standard InChI is InChI=1S/C11H10FNO4/c12-10(11(16)17)13-7-2-1-3-8(14)6(7)4-5-9(13)15/h4-5,10H,1-3H2,(H,16,17). The summed E-state index contributed by atoms with van der Waals surface area (Å²) >= 11 is 0. The Labute approximate surface area is 95.5 Å². The Kier molecular flexibility index (Phi) is 2.79. The van der Waals surface area contributed by atoms with Gasteiger partial charge in [-0.2, -0.15) is 0 Å². The number of Topliss-reactive ketones (excluding diaryl/α,β-unsaturated/α-hetero) is 1. The van der Waals surface area contributed by atoms with Crippen molar-refractivity contribution in [1.82, 2.24) is 4.57 Å². The lowest BCUT2D eigenvalue weighted by atomic mass is 9.94. The van der Waals surface area contributed by atoms with Gasteiger partial charge in [0.1, 0.15) is 0 Å². The molecule has 1 aliphatic rings. The minimum Gasteiger partial charge on any atom is -0.478 e. The molecule has 5 nitrogen and oxygen atoms in total. The number of ketones is 1. The molecule has 1 unspecified atom stereocenters. The first-order chi connectivity index (χ1) is 8.02. The maximum absolute atomic E-state index is 13.5. The lowest BCUT2D eigenvalue weighted by Gasteiger charge is -2.20. The number of fused-ring (bicyclic) bond motifs is 1. The molecule has 0 amide bonds. The summed E-state index contributed by atoms with van der Waals surface area (Å²) in [6, 6.07) is 2.36. The topological polar surface area (TPSA) is 76.4 Å². The van der Waals surface area contributed by atoms with Gasteiger partial charge in [-0.1, -0.05) is 0 Å². The quantitative estimate of drug-likeness (QED) is 0.832. The number of aliphatic carboxylic acids is 1. The lowest BCUT2D eigenvalue weighted by Crippen LogP contribution is -2.32. The molecule has 1 atom stereocenters. The largest absolute Gasteiger partial charge is 0.478 e. The van der Waals surface area contributed by atoms with Crippen LogP contribution in [0.3, 0.4) is 0 Å². The van der Waals surface area contributed by atoms with Crippen molar-refractivity contribution in [3.05, 3.63) is 33.7 Å². The summed E-state index contributed by atoms with van der Waals surface area (Å²) in [4.78, 5) is 33.6. The molecular formula is C11H10FNO4. The maximum Gasteiger partial charge on any atom is 0.360 e. The van der Waals surface area contributed by atoms with Crippen LogP contribution in [0.5, 0.6) is 0 Å². The molecule has 0 fully saturated rings. The number of alkyl halides is 1. The highest BCUT2D eigenvalue weighted by atomic mass is 19.1. The van der Waals surface area contributed by atoms with Gasteiger partial charge in [-0.15, -0.1) is 0 Å². The second-order valence-corrected chi connectivity index (χ2v) is 3.85. The first kappa shape index (κ1) is 11.5. The monoisotopic (exact) mass is 239 g/mol.